The molecule has 2 heterocycles. The maximum absolute atomic E-state index is 11.9. The summed E-state index contributed by atoms with van der Waals surface area (Å²) in [6.07, 6.45) is -5.14. The van der Waals surface area contributed by atoms with Crippen molar-refractivity contribution >= 4 is 27.9 Å². The molecule has 1 fully saturated rings. The number of aliphatic hydroxyl groups excluding tert-OH is 2. The fourth-order valence-corrected chi connectivity index (χ4v) is 4.11. The van der Waals surface area contributed by atoms with E-state index in [9.17, 15) is 29.0 Å². The molecule has 13 nitrogen and oxygen atoms in total. The van der Waals surface area contributed by atoms with Crippen molar-refractivity contribution in [3.63, 3.8) is 0 Å². The third kappa shape index (κ3) is 5.12. The van der Waals surface area contributed by atoms with Gasteiger partial charge in [-0.2, -0.15) is 4.31 Å². The third-order valence-electron chi connectivity index (χ3n) is 3.08. The van der Waals surface area contributed by atoms with Crippen LogP contribution in [0.25, 0.3) is 0 Å². The lowest BCUT2D eigenvalue weighted by Gasteiger charge is -2.22. The van der Waals surface area contributed by atoms with Crippen molar-refractivity contribution in [3.8, 4) is 0 Å². The molecular weight excluding hydrogens is 406 g/mol. The van der Waals surface area contributed by atoms with Crippen LogP contribution in [0.5, 0.6) is 0 Å². The number of hydrogen-bond donors (Lipinski definition) is 6. The predicted octanol–water partition coefficient (Wildman–Crippen LogP) is -1.25. The van der Waals surface area contributed by atoms with Gasteiger partial charge in [-0.25, -0.2) is 13.9 Å². The van der Waals surface area contributed by atoms with E-state index in [0.29, 0.717) is 0 Å². The van der Waals surface area contributed by atoms with Gasteiger partial charge in [0.25, 0.3) is 0 Å². The smallest absolute Gasteiger partial charge is 0.394 e. The number of aliphatic hydroxyl groups is 2. The van der Waals surface area contributed by atoms with Gasteiger partial charge in [0.1, 0.15) is 23.0 Å². The van der Waals surface area contributed by atoms with E-state index in [0.717, 1.165) is 4.57 Å². The molecule has 0 bridgehead atoms. The van der Waals surface area contributed by atoms with Crippen LogP contribution in [0.1, 0.15) is 6.23 Å². The SMILES string of the molecule is O=c1[nH]c(=S)ccn1[C@@H]1O[C@H](CO)[C@@H](OP(=O)(O)OP(=O)(O)O)[C@H]1O. The minimum absolute atomic E-state index is 0.107. The van der Waals surface area contributed by atoms with Crippen molar-refractivity contribution < 1.29 is 47.6 Å². The topological polar surface area (TPSA) is 201 Å². The summed E-state index contributed by atoms with van der Waals surface area (Å²) >= 11 is 4.76. The second-order valence-electron chi connectivity index (χ2n) is 4.87. The highest BCUT2D eigenvalue weighted by Gasteiger charge is 2.50. The number of ether oxygens (including phenoxy) is 1. The van der Waals surface area contributed by atoms with Gasteiger partial charge in [-0.3, -0.25) is 14.1 Å². The van der Waals surface area contributed by atoms with Crippen LogP contribution in [0, 0.1) is 4.64 Å². The highest BCUT2D eigenvalue weighted by atomic mass is 32.1. The number of phosphoric ester groups is 1. The number of rotatable bonds is 6. The number of phosphoric acid groups is 2. The van der Waals surface area contributed by atoms with Gasteiger partial charge in [-0.05, 0) is 6.07 Å². The average Bonchev–Trinajstić information content (AvgIpc) is 2.73. The van der Waals surface area contributed by atoms with Crippen LogP contribution in [0.2, 0.25) is 0 Å². The first kappa shape index (κ1) is 20.6. The zero-order valence-electron chi connectivity index (χ0n) is 12.1. The van der Waals surface area contributed by atoms with Gasteiger partial charge >= 0.3 is 21.3 Å². The largest absolute Gasteiger partial charge is 0.481 e. The highest BCUT2D eigenvalue weighted by Crippen LogP contribution is 2.59. The number of hydrogen-bond acceptors (Lipinski definition) is 9. The maximum atomic E-state index is 11.9. The van der Waals surface area contributed by atoms with E-state index in [4.69, 9.17) is 26.7 Å². The van der Waals surface area contributed by atoms with Crippen LogP contribution in [0.3, 0.4) is 0 Å². The molecule has 1 aliphatic heterocycles. The van der Waals surface area contributed by atoms with Gasteiger partial charge < -0.3 is 29.6 Å². The molecule has 0 amide bonds. The van der Waals surface area contributed by atoms with Crippen molar-refractivity contribution in [2.75, 3.05) is 6.61 Å². The Bertz CT molecular complexity index is 833. The molecule has 1 aliphatic rings. The molecule has 0 radical (unpaired) electrons. The number of nitrogens with one attached hydrogen (secondary N) is 1. The first-order valence-electron chi connectivity index (χ1n) is 6.47. The average molecular weight is 420 g/mol. The quantitative estimate of drug-likeness (QED) is 0.236. The van der Waals surface area contributed by atoms with Crippen LogP contribution >= 0.6 is 27.9 Å². The summed E-state index contributed by atoms with van der Waals surface area (Å²) in [7, 11) is -10.7. The molecule has 1 saturated heterocycles. The molecule has 25 heavy (non-hydrogen) atoms. The second-order valence-corrected chi connectivity index (χ2v) is 8.09. The van der Waals surface area contributed by atoms with Gasteiger partial charge in [0.15, 0.2) is 6.23 Å². The molecule has 0 spiro atoms. The Morgan fingerprint density at radius 1 is 1.36 bits per heavy atom. The minimum atomic E-state index is -5.37. The van der Waals surface area contributed by atoms with E-state index in [1.807, 2.05) is 0 Å². The normalized spacial score (nSPS) is 29.5. The van der Waals surface area contributed by atoms with E-state index in [2.05, 4.69) is 13.8 Å². The Morgan fingerprint density at radius 2 is 2.00 bits per heavy atom. The second kappa shape index (κ2) is 7.47. The van der Waals surface area contributed by atoms with Crippen LogP contribution < -0.4 is 5.69 Å². The lowest BCUT2D eigenvalue weighted by Crippen LogP contribution is -2.37. The summed E-state index contributed by atoms with van der Waals surface area (Å²) < 4.78 is 36.6. The molecule has 0 saturated carbocycles. The maximum Gasteiger partial charge on any atom is 0.481 e. The van der Waals surface area contributed by atoms with E-state index >= 15 is 0 Å². The van der Waals surface area contributed by atoms with Gasteiger partial charge in [0.2, 0.25) is 0 Å². The summed E-state index contributed by atoms with van der Waals surface area (Å²) in [5, 5.41) is 19.5. The van der Waals surface area contributed by atoms with Crippen molar-refractivity contribution in [2.24, 2.45) is 0 Å². The monoisotopic (exact) mass is 420 g/mol. The molecule has 1 aromatic rings. The Kier molecular flexibility index (Phi) is 6.14. The molecule has 2 rings (SSSR count). The summed E-state index contributed by atoms with van der Waals surface area (Å²) in [6.45, 7) is -0.800. The van der Waals surface area contributed by atoms with E-state index < -0.39 is 52.5 Å². The Labute approximate surface area is 144 Å². The van der Waals surface area contributed by atoms with Crippen LogP contribution in [-0.4, -0.2) is 59.4 Å². The number of nitrogens with zero attached hydrogens (tertiary/aromatic N) is 1. The Hall–Kier alpha value is -0.760. The number of aromatic nitrogens is 2. The first-order chi connectivity index (χ1) is 11.4. The Morgan fingerprint density at radius 3 is 2.52 bits per heavy atom. The number of H-pyrrole nitrogens is 1. The fourth-order valence-electron chi connectivity index (χ4n) is 2.16. The zero-order chi connectivity index (χ0) is 19.0. The minimum Gasteiger partial charge on any atom is -0.394 e. The van der Waals surface area contributed by atoms with E-state index in [-0.39, 0.29) is 4.64 Å². The molecule has 0 aromatic carbocycles. The van der Waals surface area contributed by atoms with Crippen molar-refractivity contribution in [2.45, 2.75) is 24.5 Å². The standard InChI is InChI=1S/C9H14N2O11P2S/c12-3-4-7(21-24(18,19)22-23(15,16)17)6(13)8(20-4)11-2-1-5(25)10-9(11)14/h1-2,4,6-8,12-13H,3H2,(H,18,19)(H,10,14,25)(H2,15,16,17)/t4-,6-,7-,8-/m1/s1. The molecular formula is C9H14N2O11P2S. The van der Waals surface area contributed by atoms with Crippen LogP contribution in [0.4, 0.5) is 0 Å². The number of aromatic amines is 1. The Balaban J connectivity index is 2.28. The van der Waals surface area contributed by atoms with Gasteiger partial charge in [-0.1, -0.05) is 12.2 Å². The lowest BCUT2D eigenvalue weighted by molar-refractivity contribution is -0.0548. The molecule has 1 unspecified atom stereocenters. The molecule has 5 atom stereocenters. The van der Waals surface area contributed by atoms with Gasteiger partial charge in [0, 0.05) is 6.20 Å². The van der Waals surface area contributed by atoms with Crippen molar-refractivity contribution in [3.05, 3.63) is 27.4 Å². The van der Waals surface area contributed by atoms with E-state index in [1.54, 1.807) is 0 Å². The highest BCUT2D eigenvalue weighted by molar-refractivity contribution is 7.71. The molecule has 142 valence electrons. The lowest BCUT2D eigenvalue weighted by atomic mass is 10.1. The first-order valence-corrected chi connectivity index (χ1v) is 9.91. The summed E-state index contributed by atoms with van der Waals surface area (Å²) in [5.41, 5.74) is -0.771. The summed E-state index contributed by atoms with van der Waals surface area (Å²) in [4.78, 5) is 40.7. The van der Waals surface area contributed by atoms with Gasteiger partial charge in [0.05, 0.1) is 6.61 Å². The third-order valence-corrected chi connectivity index (χ3v) is 5.50. The van der Waals surface area contributed by atoms with Crippen LogP contribution in [0.15, 0.2) is 17.1 Å². The molecule has 1 aromatic heterocycles. The fraction of sp³-hybridized carbons (Fsp3) is 0.556. The predicted molar refractivity (Wildman–Crippen MR) is 80.7 cm³/mol. The zero-order valence-corrected chi connectivity index (χ0v) is 14.7. The van der Waals surface area contributed by atoms with E-state index in [1.165, 1.54) is 12.3 Å². The summed E-state index contributed by atoms with van der Waals surface area (Å²) in [5.74, 6) is 0. The van der Waals surface area contributed by atoms with Crippen LogP contribution in [-0.2, 0) is 22.7 Å². The van der Waals surface area contributed by atoms with Gasteiger partial charge in [-0.15, -0.1) is 0 Å². The molecule has 0 aliphatic carbocycles. The summed E-state index contributed by atoms with van der Waals surface area (Å²) in [6, 6.07) is 1.31. The van der Waals surface area contributed by atoms with Crippen molar-refractivity contribution in [1.29, 1.82) is 0 Å². The van der Waals surface area contributed by atoms with Crippen molar-refractivity contribution in [1.82, 2.24) is 9.55 Å². The molecule has 16 heteroatoms. The molecule has 6 N–H and O–H groups in total.